The van der Waals surface area contributed by atoms with E-state index in [4.69, 9.17) is 11.6 Å². The van der Waals surface area contributed by atoms with Gasteiger partial charge in [-0.2, -0.15) is 0 Å². The molecule has 0 unspecified atom stereocenters. The highest BCUT2D eigenvalue weighted by Gasteiger charge is 2.23. The molecule has 1 heterocycles. The molecule has 0 saturated carbocycles. The molecule has 1 aromatic rings. The van der Waals surface area contributed by atoms with Crippen molar-refractivity contribution in [3.8, 4) is 0 Å². The summed E-state index contributed by atoms with van der Waals surface area (Å²) in [7, 11) is 0. The first kappa shape index (κ1) is 9.87. The van der Waals surface area contributed by atoms with Crippen molar-refractivity contribution >= 4 is 35.0 Å². The number of hydrogen-bond acceptors (Lipinski definition) is 2. The molecule has 2 nitrogen and oxygen atoms in total. The lowest BCUT2D eigenvalue weighted by atomic mass is 10.3. The second-order valence-electron chi connectivity index (χ2n) is 2.99. The van der Waals surface area contributed by atoms with Crippen LogP contribution in [0.25, 0.3) is 0 Å². The Hall–Kier alpha value is -0.670. The average Bonchev–Trinajstić information content (AvgIpc) is 2.23. The van der Waals surface area contributed by atoms with Crippen molar-refractivity contribution in [1.82, 2.24) is 0 Å². The summed E-state index contributed by atoms with van der Waals surface area (Å²) in [5.41, 5.74) is 0.995. The predicted molar refractivity (Wildman–Crippen MR) is 60.2 cm³/mol. The van der Waals surface area contributed by atoms with Gasteiger partial charge in [0, 0.05) is 17.3 Å². The highest BCUT2D eigenvalue weighted by atomic mass is 35.5. The van der Waals surface area contributed by atoms with E-state index >= 15 is 0 Å². The molecule has 2 rings (SSSR count). The topological polar surface area (TPSA) is 20.3 Å². The second-order valence-corrected chi connectivity index (χ2v) is 4.39. The Morgan fingerprint density at radius 2 is 2.21 bits per heavy atom. The fourth-order valence-corrected chi connectivity index (χ4v) is 2.59. The van der Waals surface area contributed by atoms with Gasteiger partial charge < -0.3 is 4.90 Å². The van der Waals surface area contributed by atoms with E-state index in [0.29, 0.717) is 18.2 Å². The number of thioether (sulfide) groups is 1. The van der Waals surface area contributed by atoms with Crippen LogP contribution in [0, 0.1) is 0 Å². The number of alkyl halides is 1. The van der Waals surface area contributed by atoms with Gasteiger partial charge in [0.05, 0.1) is 11.4 Å². The number of hydrogen-bond donors (Lipinski definition) is 0. The van der Waals surface area contributed by atoms with Crippen LogP contribution in [0.5, 0.6) is 0 Å². The number of rotatable bonds is 2. The second kappa shape index (κ2) is 4.24. The molecule has 0 radical (unpaired) electrons. The normalized spacial score (nSPS) is 15.5. The molecule has 0 bridgehead atoms. The first-order valence-corrected chi connectivity index (χ1v) is 5.93. The molecule has 74 valence electrons. The van der Waals surface area contributed by atoms with Crippen molar-refractivity contribution in [1.29, 1.82) is 0 Å². The van der Waals surface area contributed by atoms with E-state index < -0.39 is 0 Å². The molecular weight excluding hydrogens is 218 g/mol. The summed E-state index contributed by atoms with van der Waals surface area (Å²) in [4.78, 5) is 14.5. The van der Waals surface area contributed by atoms with Crippen molar-refractivity contribution in [2.75, 3.05) is 23.1 Å². The van der Waals surface area contributed by atoms with Gasteiger partial charge in [0.15, 0.2) is 0 Å². The summed E-state index contributed by atoms with van der Waals surface area (Å²) in [6.07, 6.45) is 0. The zero-order chi connectivity index (χ0) is 9.97. The molecule has 1 aliphatic rings. The first-order valence-electron chi connectivity index (χ1n) is 4.41. The number of nitrogens with zero attached hydrogens (tertiary/aromatic N) is 1. The van der Waals surface area contributed by atoms with E-state index in [-0.39, 0.29) is 5.91 Å². The largest absolute Gasteiger partial charge is 0.309 e. The van der Waals surface area contributed by atoms with Gasteiger partial charge in [0.25, 0.3) is 0 Å². The van der Waals surface area contributed by atoms with Gasteiger partial charge in [-0.1, -0.05) is 12.1 Å². The molecule has 0 aliphatic carbocycles. The molecule has 14 heavy (non-hydrogen) atoms. The number of carbonyl (C=O) groups excluding carboxylic acids is 1. The van der Waals surface area contributed by atoms with Gasteiger partial charge in [-0.25, -0.2) is 0 Å². The maximum absolute atomic E-state index is 11.6. The maximum atomic E-state index is 11.6. The number of amides is 1. The molecule has 0 saturated heterocycles. The van der Waals surface area contributed by atoms with Gasteiger partial charge in [-0.05, 0) is 12.1 Å². The summed E-state index contributed by atoms with van der Waals surface area (Å²) < 4.78 is 0. The van der Waals surface area contributed by atoms with Crippen LogP contribution in [0.1, 0.15) is 0 Å². The fraction of sp³-hybridized carbons (Fsp3) is 0.300. The lowest BCUT2D eigenvalue weighted by Gasteiger charge is -2.28. The fourth-order valence-electron chi connectivity index (χ4n) is 1.48. The highest BCUT2D eigenvalue weighted by Crippen LogP contribution is 2.34. The average molecular weight is 228 g/mol. The molecule has 1 aromatic carbocycles. The van der Waals surface area contributed by atoms with Crippen LogP contribution < -0.4 is 4.90 Å². The zero-order valence-corrected chi connectivity index (χ0v) is 9.14. The Bertz CT molecular complexity index is 356. The minimum absolute atomic E-state index is 0.148. The minimum Gasteiger partial charge on any atom is -0.309 e. The lowest BCUT2D eigenvalue weighted by Crippen LogP contribution is -2.36. The Balaban J connectivity index is 2.36. The van der Waals surface area contributed by atoms with Crippen LogP contribution in [0.4, 0.5) is 5.69 Å². The van der Waals surface area contributed by atoms with Crippen LogP contribution in [0.2, 0.25) is 0 Å². The van der Waals surface area contributed by atoms with Gasteiger partial charge in [0.2, 0.25) is 5.91 Å². The quantitative estimate of drug-likeness (QED) is 0.723. The summed E-state index contributed by atoms with van der Waals surface area (Å²) in [5, 5.41) is 0. The van der Waals surface area contributed by atoms with Crippen LogP contribution in [0.3, 0.4) is 0 Å². The molecule has 0 spiro atoms. The Morgan fingerprint density at radius 1 is 1.43 bits per heavy atom. The highest BCUT2D eigenvalue weighted by molar-refractivity contribution is 8.00. The van der Waals surface area contributed by atoms with Gasteiger partial charge in [0.1, 0.15) is 0 Å². The molecule has 0 atom stereocenters. The number of anilines is 1. The summed E-state index contributed by atoms with van der Waals surface area (Å²) >= 11 is 7.26. The van der Waals surface area contributed by atoms with Crippen LogP contribution in [-0.2, 0) is 4.79 Å². The third kappa shape index (κ3) is 1.74. The standard InChI is InChI=1S/C10H10ClNOS/c11-5-6-12-8-3-1-2-4-9(8)14-7-10(12)13/h1-4H,5-7H2. The Morgan fingerprint density at radius 3 is 3.00 bits per heavy atom. The molecule has 1 amide bonds. The van der Waals surface area contributed by atoms with Gasteiger partial charge >= 0.3 is 0 Å². The lowest BCUT2D eigenvalue weighted by molar-refractivity contribution is -0.116. The zero-order valence-electron chi connectivity index (χ0n) is 7.57. The third-order valence-corrected chi connectivity index (χ3v) is 3.33. The Labute approximate surface area is 92.2 Å². The molecule has 0 fully saturated rings. The van der Waals surface area contributed by atoms with Crippen molar-refractivity contribution in [3.05, 3.63) is 24.3 Å². The molecule has 0 aromatic heterocycles. The maximum Gasteiger partial charge on any atom is 0.237 e. The molecule has 4 heteroatoms. The van der Waals surface area contributed by atoms with Crippen LogP contribution in [0.15, 0.2) is 29.2 Å². The number of carbonyl (C=O) groups is 1. The van der Waals surface area contributed by atoms with Crippen LogP contribution >= 0.6 is 23.4 Å². The molecular formula is C10H10ClNOS. The smallest absolute Gasteiger partial charge is 0.237 e. The van der Waals surface area contributed by atoms with E-state index in [1.165, 1.54) is 0 Å². The van der Waals surface area contributed by atoms with E-state index in [2.05, 4.69) is 0 Å². The number of fused-ring (bicyclic) bond motifs is 1. The van der Waals surface area contributed by atoms with E-state index in [0.717, 1.165) is 10.6 Å². The number of para-hydroxylation sites is 1. The summed E-state index contributed by atoms with van der Waals surface area (Å²) in [6.45, 7) is 0.595. The van der Waals surface area contributed by atoms with E-state index in [1.807, 2.05) is 24.3 Å². The minimum atomic E-state index is 0.148. The number of benzene rings is 1. The summed E-state index contributed by atoms with van der Waals surface area (Å²) in [5.74, 6) is 1.15. The van der Waals surface area contributed by atoms with Crippen molar-refractivity contribution in [3.63, 3.8) is 0 Å². The molecule has 1 aliphatic heterocycles. The van der Waals surface area contributed by atoms with Crippen molar-refractivity contribution in [2.45, 2.75) is 4.90 Å². The van der Waals surface area contributed by atoms with Gasteiger partial charge in [-0.3, -0.25) is 4.79 Å². The Kier molecular flexibility index (Phi) is 2.99. The predicted octanol–water partition coefficient (Wildman–Crippen LogP) is 2.36. The van der Waals surface area contributed by atoms with E-state index in [9.17, 15) is 4.79 Å². The van der Waals surface area contributed by atoms with Crippen LogP contribution in [-0.4, -0.2) is 24.1 Å². The van der Waals surface area contributed by atoms with Crippen molar-refractivity contribution < 1.29 is 4.79 Å². The van der Waals surface area contributed by atoms with Crippen molar-refractivity contribution in [2.24, 2.45) is 0 Å². The van der Waals surface area contributed by atoms with E-state index in [1.54, 1.807) is 16.7 Å². The number of halogens is 1. The molecule has 0 N–H and O–H groups in total. The SMILES string of the molecule is O=C1CSc2ccccc2N1CCCl. The monoisotopic (exact) mass is 227 g/mol. The third-order valence-electron chi connectivity index (χ3n) is 2.12. The first-order chi connectivity index (χ1) is 6.83. The summed E-state index contributed by atoms with van der Waals surface area (Å²) in [6, 6.07) is 7.93. The van der Waals surface area contributed by atoms with Gasteiger partial charge in [-0.15, -0.1) is 23.4 Å².